The second kappa shape index (κ2) is 5.88. The first-order valence-electron chi connectivity index (χ1n) is 7.72. The molecule has 1 aliphatic carbocycles. The topological polar surface area (TPSA) is 12.0 Å². The first kappa shape index (κ1) is 12.2. The Morgan fingerprint density at radius 3 is 2.44 bits per heavy atom. The van der Waals surface area contributed by atoms with E-state index in [1.165, 1.54) is 51.5 Å². The van der Waals surface area contributed by atoms with Crippen LogP contribution in [0.2, 0.25) is 0 Å². The predicted molar refractivity (Wildman–Crippen MR) is 76.8 cm³/mol. The molecule has 1 aliphatic heterocycles. The normalized spacial score (nSPS) is 30.2. The molecule has 1 heterocycles. The van der Waals surface area contributed by atoms with Crippen molar-refractivity contribution in [2.24, 2.45) is 5.92 Å². The predicted octanol–water partition coefficient (Wildman–Crippen LogP) is 4.10. The van der Waals surface area contributed by atoms with E-state index in [1.807, 2.05) is 0 Å². The third kappa shape index (κ3) is 2.77. The Kier molecular flexibility index (Phi) is 3.99. The van der Waals surface area contributed by atoms with Crippen LogP contribution in [0.15, 0.2) is 30.3 Å². The summed E-state index contributed by atoms with van der Waals surface area (Å²) in [4.78, 5) is 0. The lowest BCUT2D eigenvalue weighted by Gasteiger charge is -2.37. The smallest absolute Gasteiger partial charge is 0.0101 e. The van der Waals surface area contributed by atoms with E-state index < -0.39 is 0 Å². The minimum absolute atomic E-state index is 0.782. The zero-order chi connectivity index (χ0) is 12.2. The standard InChI is InChI=1S/C17H25N/c1-3-7-14(8-4-1)16-11-12-18-17(13-16)15-9-5-2-6-10-15/h1,3-4,7-8,15-18H,2,5-6,9-13H2. The lowest BCUT2D eigenvalue weighted by Crippen LogP contribution is -2.43. The third-order valence-corrected chi connectivity index (χ3v) is 4.93. The first-order chi connectivity index (χ1) is 8.93. The molecule has 0 spiro atoms. The van der Waals surface area contributed by atoms with Gasteiger partial charge in [-0.3, -0.25) is 0 Å². The maximum Gasteiger partial charge on any atom is 0.0101 e. The first-order valence-corrected chi connectivity index (χ1v) is 7.72. The van der Waals surface area contributed by atoms with Crippen molar-refractivity contribution in [2.45, 2.75) is 56.9 Å². The Bertz CT molecular complexity index is 353. The molecule has 3 rings (SSSR count). The van der Waals surface area contributed by atoms with Crippen LogP contribution < -0.4 is 5.32 Å². The molecule has 1 aromatic carbocycles. The number of rotatable bonds is 2. The van der Waals surface area contributed by atoms with Gasteiger partial charge in [-0.25, -0.2) is 0 Å². The van der Waals surface area contributed by atoms with Crippen LogP contribution in [0.4, 0.5) is 0 Å². The monoisotopic (exact) mass is 243 g/mol. The number of nitrogens with one attached hydrogen (secondary N) is 1. The van der Waals surface area contributed by atoms with E-state index in [-0.39, 0.29) is 0 Å². The number of hydrogen-bond donors (Lipinski definition) is 1. The minimum Gasteiger partial charge on any atom is -0.314 e. The molecule has 0 bridgehead atoms. The third-order valence-electron chi connectivity index (χ3n) is 4.93. The molecule has 0 radical (unpaired) electrons. The summed E-state index contributed by atoms with van der Waals surface area (Å²) in [6.07, 6.45) is 9.96. The van der Waals surface area contributed by atoms with E-state index in [9.17, 15) is 0 Å². The van der Waals surface area contributed by atoms with Gasteiger partial charge in [0.15, 0.2) is 0 Å². The summed E-state index contributed by atoms with van der Waals surface area (Å²) in [6, 6.07) is 11.9. The van der Waals surface area contributed by atoms with E-state index in [0.717, 1.165) is 17.9 Å². The van der Waals surface area contributed by atoms with Crippen molar-refractivity contribution in [2.75, 3.05) is 6.54 Å². The van der Waals surface area contributed by atoms with Gasteiger partial charge in [-0.05, 0) is 49.6 Å². The maximum atomic E-state index is 3.79. The van der Waals surface area contributed by atoms with Crippen LogP contribution >= 0.6 is 0 Å². The van der Waals surface area contributed by atoms with Crippen molar-refractivity contribution in [1.82, 2.24) is 5.32 Å². The lowest BCUT2D eigenvalue weighted by atomic mass is 9.76. The summed E-state index contributed by atoms with van der Waals surface area (Å²) in [5.41, 5.74) is 1.56. The molecule has 0 amide bonds. The average Bonchev–Trinajstić information content (AvgIpc) is 2.49. The molecule has 1 heteroatoms. The summed E-state index contributed by atoms with van der Waals surface area (Å²) in [5, 5.41) is 3.79. The van der Waals surface area contributed by atoms with Crippen LogP contribution in [0.25, 0.3) is 0 Å². The maximum absolute atomic E-state index is 3.79. The Morgan fingerprint density at radius 2 is 1.67 bits per heavy atom. The fraction of sp³-hybridized carbons (Fsp3) is 0.647. The summed E-state index contributed by atoms with van der Waals surface area (Å²) in [7, 11) is 0. The van der Waals surface area contributed by atoms with Crippen molar-refractivity contribution in [3.63, 3.8) is 0 Å². The molecule has 1 nitrogen and oxygen atoms in total. The second-order valence-corrected chi connectivity index (χ2v) is 6.09. The summed E-state index contributed by atoms with van der Waals surface area (Å²) in [6.45, 7) is 1.21. The summed E-state index contributed by atoms with van der Waals surface area (Å²) in [5.74, 6) is 1.74. The highest BCUT2D eigenvalue weighted by Gasteiger charge is 2.29. The molecule has 1 saturated carbocycles. The molecule has 2 unspecified atom stereocenters. The zero-order valence-corrected chi connectivity index (χ0v) is 11.3. The van der Waals surface area contributed by atoms with Crippen molar-refractivity contribution < 1.29 is 0 Å². The van der Waals surface area contributed by atoms with Gasteiger partial charge in [0.05, 0.1) is 0 Å². The van der Waals surface area contributed by atoms with E-state index in [4.69, 9.17) is 0 Å². The molecule has 0 aromatic heterocycles. The van der Waals surface area contributed by atoms with E-state index in [2.05, 4.69) is 35.6 Å². The summed E-state index contributed by atoms with van der Waals surface area (Å²) >= 11 is 0. The van der Waals surface area contributed by atoms with Crippen LogP contribution in [-0.4, -0.2) is 12.6 Å². The number of benzene rings is 1. The Balaban J connectivity index is 1.64. The van der Waals surface area contributed by atoms with Gasteiger partial charge in [0.1, 0.15) is 0 Å². The molecule has 2 fully saturated rings. The quantitative estimate of drug-likeness (QED) is 0.824. The van der Waals surface area contributed by atoms with Crippen molar-refractivity contribution in [1.29, 1.82) is 0 Å². The fourth-order valence-corrected chi connectivity index (χ4v) is 3.87. The minimum atomic E-state index is 0.782. The van der Waals surface area contributed by atoms with E-state index in [0.29, 0.717) is 0 Å². The summed E-state index contributed by atoms with van der Waals surface area (Å²) < 4.78 is 0. The Labute approximate surface area is 111 Å². The van der Waals surface area contributed by atoms with E-state index in [1.54, 1.807) is 5.56 Å². The van der Waals surface area contributed by atoms with Crippen LogP contribution in [0.3, 0.4) is 0 Å². The Hall–Kier alpha value is -0.820. The van der Waals surface area contributed by atoms with Crippen molar-refractivity contribution in [3.05, 3.63) is 35.9 Å². The highest BCUT2D eigenvalue weighted by molar-refractivity contribution is 5.20. The van der Waals surface area contributed by atoms with Gasteiger partial charge in [-0.2, -0.15) is 0 Å². The highest BCUT2D eigenvalue weighted by Crippen LogP contribution is 2.35. The van der Waals surface area contributed by atoms with Gasteiger partial charge in [-0.1, -0.05) is 49.6 Å². The van der Waals surface area contributed by atoms with E-state index >= 15 is 0 Å². The molecule has 1 saturated heterocycles. The van der Waals surface area contributed by atoms with Gasteiger partial charge < -0.3 is 5.32 Å². The van der Waals surface area contributed by atoms with Crippen molar-refractivity contribution in [3.8, 4) is 0 Å². The fourth-order valence-electron chi connectivity index (χ4n) is 3.87. The highest BCUT2D eigenvalue weighted by atomic mass is 14.9. The van der Waals surface area contributed by atoms with Crippen LogP contribution in [0.5, 0.6) is 0 Å². The van der Waals surface area contributed by atoms with Gasteiger partial charge >= 0.3 is 0 Å². The number of piperidine rings is 1. The molecular formula is C17H25N. The Morgan fingerprint density at radius 1 is 0.889 bits per heavy atom. The SMILES string of the molecule is c1ccc(C2CCNC(C3CCCCC3)C2)cc1. The second-order valence-electron chi connectivity index (χ2n) is 6.09. The molecular weight excluding hydrogens is 218 g/mol. The molecule has 98 valence electrons. The van der Waals surface area contributed by atoms with Gasteiger partial charge in [0.2, 0.25) is 0 Å². The van der Waals surface area contributed by atoms with Crippen LogP contribution in [0.1, 0.15) is 56.4 Å². The molecule has 18 heavy (non-hydrogen) atoms. The average molecular weight is 243 g/mol. The lowest BCUT2D eigenvalue weighted by molar-refractivity contribution is 0.221. The molecule has 1 aromatic rings. The largest absolute Gasteiger partial charge is 0.314 e. The molecule has 2 aliphatic rings. The van der Waals surface area contributed by atoms with Gasteiger partial charge in [-0.15, -0.1) is 0 Å². The van der Waals surface area contributed by atoms with Crippen LogP contribution in [0, 0.1) is 5.92 Å². The molecule has 1 N–H and O–H groups in total. The van der Waals surface area contributed by atoms with Crippen LogP contribution in [-0.2, 0) is 0 Å². The van der Waals surface area contributed by atoms with Gasteiger partial charge in [0.25, 0.3) is 0 Å². The molecule has 2 atom stereocenters. The number of hydrogen-bond acceptors (Lipinski definition) is 1. The van der Waals surface area contributed by atoms with Gasteiger partial charge in [0, 0.05) is 6.04 Å². The zero-order valence-electron chi connectivity index (χ0n) is 11.3. The van der Waals surface area contributed by atoms with Crippen molar-refractivity contribution >= 4 is 0 Å².